The van der Waals surface area contributed by atoms with Crippen molar-refractivity contribution >= 4 is 62.9 Å². The molecule has 0 aromatic carbocycles. The maximum atomic E-state index is 11.1. The summed E-state index contributed by atoms with van der Waals surface area (Å²) in [5.74, 6) is 0. The molecule has 1 aromatic heterocycles. The molecule has 1 heterocycles. The van der Waals surface area contributed by atoms with E-state index in [-0.39, 0.29) is 4.21 Å². The lowest BCUT2D eigenvalue weighted by atomic mass is 10.4. The van der Waals surface area contributed by atoms with Gasteiger partial charge in [-0.15, -0.1) is 11.3 Å². The van der Waals surface area contributed by atoms with E-state index in [1.165, 1.54) is 11.3 Å². The van der Waals surface area contributed by atoms with Gasteiger partial charge in [0.2, 0.25) is 0 Å². The quantitative estimate of drug-likeness (QED) is 0.745. The van der Waals surface area contributed by atoms with Crippen LogP contribution in [-0.4, -0.2) is 8.42 Å². The van der Waals surface area contributed by atoms with Crippen molar-refractivity contribution in [2.75, 3.05) is 0 Å². The van der Waals surface area contributed by atoms with Crippen molar-refractivity contribution in [2.45, 2.75) is 17.6 Å². The molecular formula is C6H5Br2ClO2S2. The number of aryl methyl sites for hydroxylation is 1. The molecule has 0 saturated carbocycles. The fourth-order valence-corrected chi connectivity index (χ4v) is 5.60. The van der Waals surface area contributed by atoms with E-state index in [9.17, 15) is 8.42 Å². The first-order valence-corrected chi connectivity index (χ1v) is 8.00. The van der Waals surface area contributed by atoms with Gasteiger partial charge in [-0.2, -0.15) is 0 Å². The van der Waals surface area contributed by atoms with Gasteiger partial charge in [-0.05, 0) is 38.3 Å². The molecule has 0 bridgehead atoms. The minimum absolute atomic E-state index is 0.165. The van der Waals surface area contributed by atoms with E-state index in [2.05, 4.69) is 31.9 Å². The topological polar surface area (TPSA) is 34.1 Å². The fraction of sp³-hybridized carbons (Fsp3) is 0.333. The predicted octanol–water partition coefficient (Wildman–Crippen LogP) is 3.76. The first-order chi connectivity index (χ1) is 5.88. The van der Waals surface area contributed by atoms with Gasteiger partial charge in [0.15, 0.2) is 4.21 Å². The minimum atomic E-state index is -3.63. The number of hydrogen-bond acceptors (Lipinski definition) is 3. The Hall–Kier alpha value is 0.900. The summed E-state index contributed by atoms with van der Waals surface area (Å²) in [5, 5.41) is 0. The van der Waals surface area contributed by atoms with E-state index in [1.54, 1.807) is 0 Å². The van der Waals surface area contributed by atoms with Gasteiger partial charge < -0.3 is 0 Å². The number of halogens is 3. The van der Waals surface area contributed by atoms with E-state index in [4.69, 9.17) is 10.7 Å². The monoisotopic (exact) mass is 366 g/mol. The summed E-state index contributed by atoms with van der Waals surface area (Å²) in [5.41, 5.74) is 0. The Balaban J connectivity index is 3.43. The zero-order valence-corrected chi connectivity index (χ0v) is 12.0. The number of thiophene rings is 1. The zero-order valence-electron chi connectivity index (χ0n) is 6.47. The summed E-state index contributed by atoms with van der Waals surface area (Å²) < 4.78 is 23.6. The van der Waals surface area contributed by atoms with E-state index < -0.39 is 9.05 Å². The maximum absolute atomic E-state index is 11.1. The number of rotatable bonds is 2. The maximum Gasteiger partial charge on any atom is 0.271 e. The van der Waals surface area contributed by atoms with Crippen LogP contribution in [0.2, 0.25) is 0 Å². The summed E-state index contributed by atoms with van der Waals surface area (Å²) in [6.07, 6.45) is 0.774. The standard InChI is InChI=1S/C6H5Br2ClO2S2/c1-2-3-4(7)5(8)6(12-3)13(9,10)11/h2H2,1H3. The molecule has 0 unspecified atom stereocenters. The third kappa shape index (κ3) is 2.47. The largest absolute Gasteiger partial charge is 0.271 e. The van der Waals surface area contributed by atoms with Crippen molar-refractivity contribution < 1.29 is 8.42 Å². The average Bonchev–Trinajstić information content (AvgIpc) is 2.28. The van der Waals surface area contributed by atoms with Gasteiger partial charge in [-0.25, -0.2) is 8.42 Å². The molecule has 0 fully saturated rings. The lowest BCUT2D eigenvalue weighted by Gasteiger charge is -1.90. The zero-order chi connectivity index (χ0) is 10.2. The predicted molar refractivity (Wildman–Crippen MR) is 62.1 cm³/mol. The first kappa shape index (κ1) is 12.0. The van der Waals surface area contributed by atoms with Gasteiger partial charge >= 0.3 is 0 Å². The Kier molecular flexibility index (Phi) is 3.85. The molecule has 0 saturated heterocycles. The minimum Gasteiger partial charge on any atom is -0.206 e. The molecule has 74 valence electrons. The van der Waals surface area contributed by atoms with Crippen LogP contribution < -0.4 is 0 Å². The highest BCUT2D eigenvalue weighted by molar-refractivity contribution is 9.13. The van der Waals surface area contributed by atoms with E-state index in [0.29, 0.717) is 4.47 Å². The van der Waals surface area contributed by atoms with Crippen molar-refractivity contribution in [1.82, 2.24) is 0 Å². The summed E-state index contributed by atoms with van der Waals surface area (Å²) in [4.78, 5) is 0.964. The molecule has 0 radical (unpaired) electrons. The second kappa shape index (κ2) is 4.18. The molecule has 0 amide bonds. The van der Waals surface area contributed by atoms with E-state index >= 15 is 0 Å². The smallest absolute Gasteiger partial charge is 0.206 e. The van der Waals surface area contributed by atoms with Crippen LogP contribution in [0.25, 0.3) is 0 Å². The van der Waals surface area contributed by atoms with Gasteiger partial charge in [-0.3, -0.25) is 0 Å². The van der Waals surface area contributed by atoms with E-state index in [1.807, 2.05) is 6.92 Å². The molecule has 7 heteroatoms. The van der Waals surface area contributed by atoms with Crippen LogP contribution in [0.15, 0.2) is 13.2 Å². The Morgan fingerprint density at radius 1 is 1.38 bits per heavy atom. The molecular weight excluding hydrogens is 363 g/mol. The molecule has 13 heavy (non-hydrogen) atoms. The molecule has 0 atom stereocenters. The van der Waals surface area contributed by atoms with Crippen molar-refractivity contribution in [3.05, 3.63) is 13.8 Å². The van der Waals surface area contributed by atoms with Gasteiger partial charge in [0.25, 0.3) is 9.05 Å². The van der Waals surface area contributed by atoms with E-state index in [0.717, 1.165) is 15.8 Å². The lowest BCUT2D eigenvalue weighted by Crippen LogP contribution is -1.85. The van der Waals surface area contributed by atoms with Crippen LogP contribution in [0, 0.1) is 0 Å². The Morgan fingerprint density at radius 2 is 1.92 bits per heavy atom. The fourth-order valence-electron chi connectivity index (χ4n) is 0.798. The van der Waals surface area contributed by atoms with Crippen LogP contribution in [0.3, 0.4) is 0 Å². The van der Waals surface area contributed by atoms with Crippen molar-refractivity contribution in [2.24, 2.45) is 0 Å². The number of hydrogen-bond donors (Lipinski definition) is 0. The molecule has 0 N–H and O–H groups in total. The summed E-state index contributed by atoms with van der Waals surface area (Å²) in [7, 11) is 1.61. The normalized spacial score (nSPS) is 12.0. The van der Waals surface area contributed by atoms with Gasteiger partial charge in [0.05, 0.1) is 4.47 Å². The Labute approximate surface area is 102 Å². The third-order valence-electron chi connectivity index (χ3n) is 1.38. The molecule has 0 aliphatic carbocycles. The lowest BCUT2D eigenvalue weighted by molar-refractivity contribution is 0.611. The van der Waals surface area contributed by atoms with Gasteiger partial charge in [0, 0.05) is 20.0 Å². The summed E-state index contributed by atoms with van der Waals surface area (Å²) in [6, 6.07) is 0. The SMILES string of the molecule is CCc1sc(S(=O)(=O)Cl)c(Br)c1Br. The third-order valence-corrected chi connectivity index (χ3v) is 7.78. The molecule has 1 aromatic rings. The molecule has 2 nitrogen and oxygen atoms in total. The van der Waals surface area contributed by atoms with Gasteiger partial charge in [0.1, 0.15) is 0 Å². The second-order valence-electron chi connectivity index (χ2n) is 2.23. The molecule has 0 aliphatic heterocycles. The average molecular weight is 368 g/mol. The highest BCUT2D eigenvalue weighted by Crippen LogP contribution is 2.41. The highest BCUT2D eigenvalue weighted by Gasteiger charge is 2.22. The van der Waals surface area contributed by atoms with Crippen LogP contribution >= 0.6 is 53.9 Å². The van der Waals surface area contributed by atoms with Gasteiger partial charge in [-0.1, -0.05) is 6.92 Å². The first-order valence-electron chi connectivity index (χ1n) is 3.29. The van der Waals surface area contributed by atoms with Crippen LogP contribution in [0.5, 0.6) is 0 Å². The molecule has 0 spiro atoms. The molecule has 0 aliphatic rings. The summed E-state index contributed by atoms with van der Waals surface area (Å²) >= 11 is 7.65. The van der Waals surface area contributed by atoms with Crippen LogP contribution in [0.1, 0.15) is 11.8 Å². The highest BCUT2D eigenvalue weighted by atomic mass is 79.9. The van der Waals surface area contributed by atoms with Crippen molar-refractivity contribution in [3.63, 3.8) is 0 Å². The van der Waals surface area contributed by atoms with Crippen molar-refractivity contribution in [1.29, 1.82) is 0 Å². The van der Waals surface area contributed by atoms with Crippen LogP contribution in [0.4, 0.5) is 0 Å². The van der Waals surface area contributed by atoms with Crippen LogP contribution in [-0.2, 0) is 15.5 Å². The summed E-state index contributed by atoms with van der Waals surface area (Å²) in [6.45, 7) is 1.95. The second-order valence-corrected chi connectivity index (χ2v) is 7.68. The Bertz CT molecular complexity index is 424. The van der Waals surface area contributed by atoms with Crippen molar-refractivity contribution in [3.8, 4) is 0 Å². The molecule has 1 rings (SSSR count). The Morgan fingerprint density at radius 3 is 2.15 bits per heavy atom.